The van der Waals surface area contributed by atoms with Crippen molar-refractivity contribution in [1.82, 2.24) is 0 Å². The number of benzene rings is 3. The number of aliphatic carboxylic acids is 1. The third kappa shape index (κ3) is 8.21. The van der Waals surface area contributed by atoms with E-state index in [0.717, 1.165) is 43.2 Å². The lowest BCUT2D eigenvalue weighted by Crippen LogP contribution is -2.37. The zero-order valence-corrected chi connectivity index (χ0v) is 22.3. The van der Waals surface area contributed by atoms with Gasteiger partial charge in [0.2, 0.25) is 0 Å². The largest absolute Gasteiger partial charge is 0.491 e. The molecule has 3 rings (SSSR count). The van der Waals surface area contributed by atoms with Gasteiger partial charge in [0.25, 0.3) is 0 Å². The molecule has 0 saturated carbocycles. The summed E-state index contributed by atoms with van der Waals surface area (Å²) in [5, 5.41) is 9.62. The van der Waals surface area contributed by atoms with Crippen LogP contribution in [0.4, 0.5) is 5.69 Å². The fourth-order valence-electron chi connectivity index (χ4n) is 4.32. The second-order valence-corrected chi connectivity index (χ2v) is 9.72. The van der Waals surface area contributed by atoms with Gasteiger partial charge in [-0.15, -0.1) is 0 Å². The van der Waals surface area contributed by atoms with Crippen LogP contribution < -0.4 is 9.64 Å². The van der Waals surface area contributed by atoms with Gasteiger partial charge in [0, 0.05) is 6.54 Å². The standard InChI is InChI=1S/C32H39NO4/c1-4-5-11-22-37-30-20-19-28(27-17-15-26(16-18-27)24(2)3)23-29(30)33(31(34)32(35)36)21-10-9-14-25-12-7-6-8-13-25/h6-8,12-13,15-20,23-24H,4-5,9-11,14,21-22H2,1-3H3,(H,35,36). The Balaban J connectivity index is 1.89. The van der Waals surface area contributed by atoms with Crippen LogP contribution in [-0.2, 0) is 16.0 Å². The van der Waals surface area contributed by atoms with Crippen molar-refractivity contribution in [3.63, 3.8) is 0 Å². The molecule has 5 nitrogen and oxygen atoms in total. The highest BCUT2D eigenvalue weighted by Gasteiger charge is 2.25. The molecule has 196 valence electrons. The molecule has 0 aliphatic heterocycles. The molecule has 0 atom stereocenters. The molecule has 3 aromatic carbocycles. The third-order valence-electron chi connectivity index (χ3n) is 6.53. The molecule has 3 aromatic rings. The molecule has 0 bridgehead atoms. The monoisotopic (exact) mass is 501 g/mol. The minimum absolute atomic E-state index is 0.305. The summed E-state index contributed by atoms with van der Waals surface area (Å²) in [7, 11) is 0. The fraction of sp³-hybridized carbons (Fsp3) is 0.375. The van der Waals surface area contributed by atoms with E-state index < -0.39 is 11.9 Å². The summed E-state index contributed by atoms with van der Waals surface area (Å²) in [6.45, 7) is 7.27. The molecule has 5 heteroatoms. The molecule has 1 amide bonds. The summed E-state index contributed by atoms with van der Waals surface area (Å²) in [6, 6.07) is 24.2. The van der Waals surface area contributed by atoms with Gasteiger partial charge in [0.05, 0.1) is 12.3 Å². The zero-order valence-electron chi connectivity index (χ0n) is 22.3. The van der Waals surface area contributed by atoms with E-state index in [0.29, 0.717) is 36.9 Å². The van der Waals surface area contributed by atoms with Gasteiger partial charge in [0.1, 0.15) is 5.75 Å². The van der Waals surface area contributed by atoms with E-state index in [4.69, 9.17) is 4.74 Å². The average Bonchev–Trinajstić information content (AvgIpc) is 2.91. The smallest absolute Gasteiger partial charge is 0.394 e. The van der Waals surface area contributed by atoms with Crippen molar-refractivity contribution in [1.29, 1.82) is 0 Å². The minimum Gasteiger partial charge on any atom is -0.491 e. The number of anilines is 1. The Labute approximate surface area is 221 Å². The van der Waals surface area contributed by atoms with E-state index in [9.17, 15) is 14.7 Å². The first-order valence-corrected chi connectivity index (χ1v) is 13.4. The van der Waals surface area contributed by atoms with Crippen molar-refractivity contribution in [3.05, 3.63) is 83.9 Å². The van der Waals surface area contributed by atoms with Crippen molar-refractivity contribution in [2.75, 3.05) is 18.1 Å². The topological polar surface area (TPSA) is 66.8 Å². The number of amides is 1. The maximum absolute atomic E-state index is 12.9. The Morgan fingerprint density at radius 2 is 1.57 bits per heavy atom. The molecule has 0 aliphatic rings. The lowest BCUT2D eigenvalue weighted by molar-refractivity contribution is -0.148. The van der Waals surface area contributed by atoms with Crippen molar-refractivity contribution in [2.24, 2.45) is 0 Å². The number of nitrogens with zero attached hydrogens (tertiary/aromatic N) is 1. The number of unbranched alkanes of at least 4 members (excludes halogenated alkanes) is 3. The average molecular weight is 502 g/mol. The van der Waals surface area contributed by atoms with Gasteiger partial charge < -0.3 is 9.84 Å². The molecule has 1 N–H and O–H groups in total. The van der Waals surface area contributed by atoms with Crippen molar-refractivity contribution in [3.8, 4) is 16.9 Å². The van der Waals surface area contributed by atoms with Crippen molar-refractivity contribution >= 4 is 17.6 Å². The Bertz CT molecular complexity index is 1140. The molecule has 0 radical (unpaired) electrons. The Hall–Kier alpha value is -3.60. The normalized spacial score (nSPS) is 10.9. The van der Waals surface area contributed by atoms with Gasteiger partial charge in [-0.2, -0.15) is 0 Å². The van der Waals surface area contributed by atoms with Gasteiger partial charge in [-0.05, 0) is 66.0 Å². The highest BCUT2D eigenvalue weighted by atomic mass is 16.5. The van der Waals surface area contributed by atoms with E-state index in [1.54, 1.807) is 0 Å². The van der Waals surface area contributed by atoms with Crippen LogP contribution in [0, 0.1) is 0 Å². The Morgan fingerprint density at radius 1 is 0.865 bits per heavy atom. The Kier molecular flexibility index (Phi) is 10.8. The van der Waals surface area contributed by atoms with Gasteiger partial charge in [0.15, 0.2) is 0 Å². The molecule has 37 heavy (non-hydrogen) atoms. The van der Waals surface area contributed by atoms with E-state index in [1.807, 2.05) is 36.4 Å². The molecular weight excluding hydrogens is 462 g/mol. The second kappa shape index (κ2) is 14.2. The first kappa shape index (κ1) is 28.0. The third-order valence-corrected chi connectivity index (χ3v) is 6.53. The number of ether oxygens (including phenoxy) is 1. The molecule has 0 unspecified atom stereocenters. The van der Waals surface area contributed by atoms with Crippen LogP contribution in [0.1, 0.15) is 69.9 Å². The fourth-order valence-corrected chi connectivity index (χ4v) is 4.32. The molecule has 0 fully saturated rings. The molecular formula is C32H39NO4. The van der Waals surface area contributed by atoms with Crippen molar-refractivity contribution < 1.29 is 19.4 Å². The summed E-state index contributed by atoms with van der Waals surface area (Å²) >= 11 is 0. The first-order chi connectivity index (χ1) is 17.9. The quantitative estimate of drug-likeness (QED) is 0.195. The van der Waals surface area contributed by atoms with Crippen LogP contribution in [0.3, 0.4) is 0 Å². The zero-order chi connectivity index (χ0) is 26.6. The highest BCUT2D eigenvalue weighted by molar-refractivity contribution is 6.37. The molecule has 0 saturated heterocycles. The maximum Gasteiger partial charge on any atom is 0.394 e. The molecule has 0 aliphatic carbocycles. The number of hydrogen-bond acceptors (Lipinski definition) is 3. The van der Waals surface area contributed by atoms with E-state index in [1.165, 1.54) is 16.0 Å². The summed E-state index contributed by atoms with van der Waals surface area (Å²) in [5.41, 5.74) is 4.91. The number of carbonyl (C=O) groups excluding carboxylic acids is 1. The SMILES string of the molecule is CCCCCOc1ccc(-c2ccc(C(C)C)cc2)cc1N(CCCCc1ccccc1)C(=O)C(=O)O. The lowest BCUT2D eigenvalue weighted by Gasteiger charge is -2.24. The van der Waals surface area contributed by atoms with E-state index in [2.05, 4.69) is 57.2 Å². The van der Waals surface area contributed by atoms with Crippen LogP contribution in [0.5, 0.6) is 5.75 Å². The minimum atomic E-state index is -1.47. The van der Waals surface area contributed by atoms with Crippen LogP contribution in [0.15, 0.2) is 72.8 Å². The van der Waals surface area contributed by atoms with Gasteiger partial charge in [-0.1, -0.05) is 94.3 Å². The second-order valence-electron chi connectivity index (χ2n) is 9.72. The summed E-state index contributed by atoms with van der Waals surface area (Å²) < 4.78 is 6.08. The molecule has 0 heterocycles. The predicted molar refractivity (Wildman–Crippen MR) is 150 cm³/mol. The number of aryl methyl sites for hydroxylation is 1. The lowest BCUT2D eigenvalue weighted by atomic mass is 9.98. The molecule has 0 spiro atoms. The van der Waals surface area contributed by atoms with Crippen LogP contribution in [0.25, 0.3) is 11.1 Å². The summed E-state index contributed by atoms with van der Waals surface area (Å²) in [4.78, 5) is 26.0. The van der Waals surface area contributed by atoms with Gasteiger partial charge in [-0.3, -0.25) is 9.69 Å². The van der Waals surface area contributed by atoms with Gasteiger partial charge in [-0.25, -0.2) is 4.79 Å². The number of rotatable bonds is 13. The van der Waals surface area contributed by atoms with E-state index in [-0.39, 0.29) is 0 Å². The number of carboxylic acids is 1. The predicted octanol–water partition coefficient (Wildman–Crippen LogP) is 7.49. The maximum atomic E-state index is 12.9. The number of hydrogen-bond donors (Lipinski definition) is 1. The van der Waals surface area contributed by atoms with Gasteiger partial charge >= 0.3 is 11.9 Å². The summed E-state index contributed by atoms with van der Waals surface area (Å²) in [5.74, 6) is -1.43. The van der Waals surface area contributed by atoms with Crippen LogP contribution >= 0.6 is 0 Å². The Morgan fingerprint density at radius 3 is 2.22 bits per heavy atom. The van der Waals surface area contributed by atoms with Crippen LogP contribution in [0.2, 0.25) is 0 Å². The summed E-state index contributed by atoms with van der Waals surface area (Å²) in [6.07, 6.45) is 5.42. The number of carbonyl (C=O) groups is 2. The van der Waals surface area contributed by atoms with Crippen LogP contribution in [-0.4, -0.2) is 30.1 Å². The first-order valence-electron chi connectivity index (χ1n) is 13.4. The number of carboxylic acid groups (broad SMARTS) is 1. The van der Waals surface area contributed by atoms with Crippen molar-refractivity contribution in [2.45, 2.75) is 65.2 Å². The highest BCUT2D eigenvalue weighted by Crippen LogP contribution is 2.35. The molecule has 0 aromatic heterocycles. The van der Waals surface area contributed by atoms with E-state index >= 15 is 0 Å².